The lowest BCUT2D eigenvalue weighted by Crippen LogP contribution is -2.23. The van der Waals surface area contributed by atoms with Gasteiger partial charge in [-0.05, 0) is 55.3 Å². The summed E-state index contributed by atoms with van der Waals surface area (Å²) in [4.78, 5) is 13.3. The van der Waals surface area contributed by atoms with Gasteiger partial charge in [0.15, 0.2) is 0 Å². The van der Waals surface area contributed by atoms with Crippen LogP contribution in [0.25, 0.3) is 0 Å². The Labute approximate surface area is 161 Å². The molecule has 3 aliphatic rings. The van der Waals surface area contributed by atoms with Crippen LogP contribution in [-0.4, -0.2) is 53.1 Å². The van der Waals surface area contributed by atoms with Gasteiger partial charge >= 0.3 is 0 Å². The van der Waals surface area contributed by atoms with E-state index in [1.807, 2.05) is 6.08 Å². The van der Waals surface area contributed by atoms with Crippen LogP contribution in [0.3, 0.4) is 0 Å². The molecule has 4 nitrogen and oxygen atoms in total. The summed E-state index contributed by atoms with van der Waals surface area (Å²) in [6.45, 7) is 0. The van der Waals surface area contributed by atoms with Gasteiger partial charge in [-0.2, -0.15) is 0 Å². The molecule has 0 aliphatic heterocycles. The van der Waals surface area contributed by atoms with Gasteiger partial charge in [0.25, 0.3) is 0 Å². The Kier molecular flexibility index (Phi) is 6.87. The SMILES string of the molecule is CN(C)C(=O)CSC=C1C[C@H]2C[C@@H](O)[C@H](C=C[C@@H](O)C3CCCC3)[C@H]2C1. The Morgan fingerprint density at radius 1 is 1.31 bits per heavy atom. The average Bonchev–Trinajstić information content (AvgIpc) is 3.29. The van der Waals surface area contributed by atoms with E-state index < -0.39 is 0 Å². The van der Waals surface area contributed by atoms with E-state index in [-0.39, 0.29) is 24.0 Å². The molecule has 0 heterocycles. The Bertz CT molecular complexity index is 553. The van der Waals surface area contributed by atoms with E-state index in [0.29, 0.717) is 23.5 Å². The second-order valence-corrected chi connectivity index (χ2v) is 9.37. The molecule has 0 aromatic rings. The molecule has 0 radical (unpaired) electrons. The van der Waals surface area contributed by atoms with Crippen LogP contribution >= 0.6 is 11.8 Å². The van der Waals surface area contributed by atoms with Crippen molar-refractivity contribution in [3.8, 4) is 0 Å². The normalized spacial score (nSPS) is 34.7. The van der Waals surface area contributed by atoms with Gasteiger partial charge < -0.3 is 15.1 Å². The molecule has 3 aliphatic carbocycles. The van der Waals surface area contributed by atoms with E-state index >= 15 is 0 Å². The highest BCUT2D eigenvalue weighted by Gasteiger charge is 2.45. The maximum Gasteiger partial charge on any atom is 0.232 e. The van der Waals surface area contributed by atoms with Gasteiger partial charge in [-0.3, -0.25) is 4.79 Å². The molecule has 0 spiro atoms. The fourth-order valence-electron chi connectivity index (χ4n) is 4.93. The molecular formula is C21H33NO3S. The van der Waals surface area contributed by atoms with Crippen molar-refractivity contribution in [1.29, 1.82) is 0 Å². The van der Waals surface area contributed by atoms with Gasteiger partial charge in [-0.15, -0.1) is 11.8 Å². The van der Waals surface area contributed by atoms with E-state index in [4.69, 9.17) is 0 Å². The summed E-state index contributed by atoms with van der Waals surface area (Å²) in [5.41, 5.74) is 1.41. The topological polar surface area (TPSA) is 60.8 Å². The third-order valence-corrected chi connectivity index (χ3v) is 7.39. The minimum atomic E-state index is -0.354. The van der Waals surface area contributed by atoms with Crippen molar-refractivity contribution in [2.24, 2.45) is 23.7 Å². The predicted octanol–water partition coefficient (Wildman–Crippen LogP) is 3.21. The van der Waals surface area contributed by atoms with E-state index in [9.17, 15) is 15.0 Å². The smallest absolute Gasteiger partial charge is 0.232 e. The summed E-state index contributed by atoms with van der Waals surface area (Å²) in [5.74, 6) is 2.22. The Morgan fingerprint density at radius 3 is 2.73 bits per heavy atom. The van der Waals surface area contributed by atoms with Gasteiger partial charge in [0.2, 0.25) is 5.91 Å². The monoisotopic (exact) mass is 379 g/mol. The molecule has 0 saturated heterocycles. The van der Waals surface area contributed by atoms with Gasteiger partial charge in [-0.1, -0.05) is 30.6 Å². The lowest BCUT2D eigenvalue weighted by atomic mass is 9.89. The first kappa shape index (κ1) is 20.0. The van der Waals surface area contributed by atoms with Gasteiger partial charge in [0, 0.05) is 20.0 Å². The number of aliphatic hydroxyl groups is 2. The zero-order valence-electron chi connectivity index (χ0n) is 16.0. The van der Waals surface area contributed by atoms with Crippen LogP contribution in [0, 0.1) is 23.7 Å². The van der Waals surface area contributed by atoms with Crippen molar-refractivity contribution >= 4 is 17.7 Å². The van der Waals surface area contributed by atoms with E-state index in [1.54, 1.807) is 30.8 Å². The minimum Gasteiger partial charge on any atom is -0.392 e. The van der Waals surface area contributed by atoms with Crippen molar-refractivity contribution < 1.29 is 15.0 Å². The molecule has 1 amide bonds. The maximum absolute atomic E-state index is 11.7. The average molecular weight is 380 g/mol. The molecule has 3 fully saturated rings. The number of thioether (sulfide) groups is 1. The second-order valence-electron chi connectivity index (χ2n) is 8.51. The van der Waals surface area contributed by atoms with Crippen molar-refractivity contribution in [3.63, 3.8) is 0 Å². The van der Waals surface area contributed by atoms with Crippen LogP contribution < -0.4 is 0 Å². The van der Waals surface area contributed by atoms with Gasteiger partial charge in [-0.25, -0.2) is 0 Å². The fourth-order valence-corrected chi connectivity index (χ4v) is 5.84. The molecule has 146 valence electrons. The Hall–Kier alpha value is -0.780. The number of allylic oxidation sites excluding steroid dienone is 1. The number of hydrogen-bond donors (Lipinski definition) is 2. The summed E-state index contributed by atoms with van der Waals surface area (Å²) >= 11 is 1.59. The highest BCUT2D eigenvalue weighted by Crippen LogP contribution is 2.50. The number of carbonyl (C=O) groups excluding carboxylic acids is 1. The lowest BCUT2D eigenvalue weighted by Gasteiger charge is -2.19. The molecule has 0 aromatic carbocycles. The molecule has 5 atom stereocenters. The molecule has 0 unspecified atom stereocenters. The Morgan fingerprint density at radius 2 is 2.04 bits per heavy atom. The van der Waals surface area contributed by atoms with Gasteiger partial charge in [0.1, 0.15) is 0 Å². The fraction of sp³-hybridized carbons (Fsp3) is 0.762. The van der Waals surface area contributed by atoms with Crippen LogP contribution in [0.5, 0.6) is 0 Å². The third kappa shape index (κ3) is 4.73. The van der Waals surface area contributed by atoms with Crippen LogP contribution in [0.4, 0.5) is 0 Å². The number of rotatable bonds is 6. The van der Waals surface area contributed by atoms with Crippen LogP contribution in [-0.2, 0) is 4.79 Å². The largest absolute Gasteiger partial charge is 0.392 e. The molecule has 0 aromatic heterocycles. The first-order valence-corrected chi connectivity index (χ1v) is 11.0. The van der Waals surface area contributed by atoms with Crippen molar-refractivity contribution in [2.45, 2.75) is 57.2 Å². The number of fused-ring (bicyclic) bond motifs is 1. The molecule has 26 heavy (non-hydrogen) atoms. The third-order valence-electron chi connectivity index (χ3n) is 6.48. The zero-order valence-corrected chi connectivity index (χ0v) is 16.8. The molecule has 2 N–H and O–H groups in total. The quantitative estimate of drug-likeness (QED) is 0.696. The highest BCUT2D eigenvalue weighted by molar-refractivity contribution is 8.02. The van der Waals surface area contributed by atoms with Crippen molar-refractivity contribution in [3.05, 3.63) is 23.1 Å². The van der Waals surface area contributed by atoms with E-state index in [0.717, 1.165) is 32.1 Å². The number of amides is 1. The summed E-state index contributed by atoms with van der Waals surface area (Å²) in [6.07, 6.45) is 11.1. The summed E-state index contributed by atoms with van der Waals surface area (Å²) < 4.78 is 0. The number of aliphatic hydroxyl groups excluding tert-OH is 2. The molecule has 0 bridgehead atoms. The predicted molar refractivity (Wildman–Crippen MR) is 107 cm³/mol. The number of hydrogen-bond acceptors (Lipinski definition) is 4. The number of carbonyl (C=O) groups is 1. The standard InChI is InChI=1S/C21H33NO3S/c1-22(2)21(25)13-26-12-14-9-16-11-20(24)17(18(16)10-14)7-8-19(23)15-5-3-4-6-15/h7-8,12,15-20,23-24H,3-6,9-11,13H2,1-2H3/t16-,17+,18-,19+,20+/m0/s1. The molecule has 3 rings (SSSR count). The second kappa shape index (κ2) is 8.94. The van der Waals surface area contributed by atoms with Gasteiger partial charge in [0.05, 0.1) is 18.0 Å². The lowest BCUT2D eigenvalue weighted by molar-refractivity contribution is -0.125. The molecule has 3 saturated carbocycles. The molecule has 5 heteroatoms. The zero-order chi connectivity index (χ0) is 18.7. The van der Waals surface area contributed by atoms with Crippen molar-refractivity contribution in [1.82, 2.24) is 4.90 Å². The summed E-state index contributed by atoms with van der Waals surface area (Å²) in [5, 5.41) is 23.0. The summed E-state index contributed by atoms with van der Waals surface area (Å²) in [7, 11) is 3.57. The van der Waals surface area contributed by atoms with E-state index in [1.165, 1.54) is 18.4 Å². The number of nitrogens with zero attached hydrogens (tertiary/aromatic N) is 1. The Balaban J connectivity index is 1.54. The van der Waals surface area contributed by atoms with Crippen LogP contribution in [0.15, 0.2) is 23.1 Å². The minimum absolute atomic E-state index is 0.141. The van der Waals surface area contributed by atoms with Crippen LogP contribution in [0.2, 0.25) is 0 Å². The van der Waals surface area contributed by atoms with Crippen molar-refractivity contribution in [2.75, 3.05) is 19.8 Å². The first-order valence-electron chi connectivity index (χ1n) is 10.00. The summed E-state index contributed by atoms with van der Waals surface area (Å²) in [6, 6.07) is 0. The molecular weight excluding hydrogens is 346 g/mol. The van der Waals surface area contributed by atoms with E-state index in [2.05, 4.69) is 11.5 Å². The maximum atomic E-state index is 11.7. The van der Waals surface area contributed by atoms with Crippen LogP contribution in [0.1, 0.15) is 44.9 Å². The highest BCUT2D eigenvalue weighted by atomic mass is 32.2. The first-order chi connectivity index (χ1) is 12.5.